The average Bonchev–Trinajstić information content (AvgIpc) is 2.24. The lowest BCUT2D eigenvalue weighted by Gasteiger charge is -2.09. The first-order valence-corrected chi connectivity index (χ1v) is 6.37. The summed E-state index contributed by atoms with van der Waals surface area (Å²) in [5.41, 5.74) is 7.67. The van der Waals surface area contributed by atoms with Crippen molar-refractivity contribution >= 4 is 33.5 Å². The number of hydrogen-bond acceptors (Lipinski definition) is 4. The van der Waals surface area contributed by atoms with Crippen LogP contribution in [-0.4, -0.2) is 9.97 Å². The van der Waals surface area contributed by atoms with Gasteiger partial charge < -0.3 is 10.5 Å². The average molecular weight is 329 g/mol. The van der Waals surface area contributed by atoms with Crippen LogP contribution in [0.3, 0.4) is 0 Å². The van der Waals surface area contributed by atoms with E-state index in [0.29, 0.717) is 11.6 Å². The summed E-state index contributed by atoms with van der Waals surface area (Å²) < 4.78 is 6.69. The van der Waals surface area contributed by atoms with E-state index < -0.39 is 0 Å². The Morgan fingerprint density at radius 2 is 1.78 bits per heavy atom. The number of rotatable bonds is 2. The summed E-state index contributed by atoms with van der Waals surface area (Å²) in [7, 11) is 0. The van der Waals surface area contributed by atoms with E-state index in [9.17, 15) is 0 Å². The molecule has 0 atom stereocenters. The highest BCUT2D eigenvalue weighted by molar-refractivity contribution is 9.10. The lowest BCUT2D eigenvalue weighted by molar-refractivity contribution is 0.462. The second kappa shape index (κ2) is 5.12. The Morgan fingerprint density at radius 3 is 2.33 bits per heavy atom. The largest absolute Gasteiger partial charge is 0.439 e. The summed E-state index contributed by atoms with van der Waals surface area (Å²) in [6.07, 6.45) is 0. The molecule has 0 unspecified atom stereocenters. The summed E-state index contributed by atoms with van der Waals surface area (Å²) in [5, 5.41) is 0.253. The van der Waals surface area contributed by atoms with Gasteiger partial charge >= 0.3 is 0 Å². The third kappa shape index (κ3) is 2.91. The van der Waals surface area contributed by atoms with E-state index in [0.717, 1.165) is 15.6 Å². The number of nitrogen functional groups attached to an aromatic ring is 1. The summed E-state index contributed by atoms with van der Waals surface area (Å²) in [6.45, 7) is 3.98. The van der Waals surface area contributed by atoms with Gasteiger partial charge in [0.15, 0.2) is 0 Å². The standard InChI is InChI=1S/C12H11BrClN3O/c1-6-3-8(4-7(2)11(6)13)18-10-5-9(14)16-12(15)17-10/h3-5H,1-2H3,(H2,15,16,17). The smallest absolute Gasteiger partial charge is 0.225 e. The monoisotopic (exact) mass is 327 g/mol. The molecule has 2 aromatic rings. The first kappa shape index (κ1) is 13.1. The predicted molar refractivity (Wildman–Crippen MR) is 75.1 cm³/mol. The molecule has 0 aliphatic carbocycles. The first-order valence-electron chi connectivity index (χ1n) is 5.20. The molecule has 0 fully saturated rings. The van der Waals surface area contributed by atoms with Crippen molar-refractivity contribution in [1.29, 1.82) is 0 Å². The molecule has 4 nitrogen and oxygen atoms in total. The zero-order valence-corrected chi connectivity index (χ0v) is 12.2. The SMILES string of the molecule is Cc1cc(Oc2cc(Cl)nc(N)n2)cc(C)c1Br. The molecule has 1 aromatic carbocycles. The van der Waals surface area contributed by atoms with E-state index >= 15 is 0 Å². The highest BCUT2D eigenvalue weighted by Crippen LogP contribution is 2.29. The van der Waals surface area contributed by atoms with Crippen LogP contribution in [0.25, 0.3) is 0 Å². The number of nitrogens with two attached hydrogens (primary N) is 1. The molecule has 0 aliphatic heterocycles. The number of aryl methyl sites for hydroxylation is 2. The second-order valence-electron chi connectivity index (χ2n) is 3.86. The van der Waals surface area contributed by atoms with E-state index in [1.165, 1.54) is 6.07 Å². The molecule has 0 spiro atoms. The van der Waals surface area contributed by atoms with E-state index in [4.69, 9.17) is 22.1 Å². The molecule has 1 heterocycles. The zero-order valence-electron chi connectivity index (χ0n) is 9.87. The summed E-state index contributed by atoms with van der Waals surface area (Å²) in [6, 6.07) is 5.33. The van der Waals surface area contributed by atoms with Crippen LogP contribution in [0.4, 0.5) is 5.95 Å². The van der Waals surface area contributed by atoms with Gasteiger partial charge in [-0.15, -0.1) is 0 Å². The summed E-state index contributed by atoms with van der Waals surface area (Å²) in [4.78, 5) is 7.73. The normalized spacial score (nSPS) is 10.4. The molecule has 0 aliphatic rings. The fraction of sp³-hybridized carbons (Fsp3) is 0.167. The van der Waals surface area contributed by atoms with Gasteiger partial charge in [0, 0.05) is 10.5 Å². The molecular weight excluding hydrogens is 318 g/mol. The Morgan fingerprint density at radius 1 is 1.17 bits per heavy atom. The Bertz CT molecular complexity index is 561. The van der Waals surface area contributed by atoms with Gasteiger partial charge in [-0.3, -0.25) is 0 Å². The van der Waals surface area contributed by atoms with Gasteiger partial charge in [-0.25, -0.2) is 4.98 Å². The summed E-state index contributed by atoms with van der Waals surface area (Å²) >= 11 is 9.29. The number of ether oxygens (including phenoxy) is 1. The number of aromatic nitrogens is 2. The highest BCUT2D eigenvalue weighted by Gasteiger charge is 2.06. The van der Waals surface area contributed by atoms with Crippen molar-refractivity contribution < 1.29 is 4.74 Å². The van der Waals surface area contributed by atoms with Gasteiger partial charge in [0.2, 0.25) is 11.8 Å². The van der Waals surface area contributed by atoms with E-state index in [1.54, 1.807) is 0 Å². The third-order valence-electron chi connectivity index (χ3n) is 2.32. The molecule has 18 heavy (non-hydrogen) atoms. The minimum absolute atomic E-state index is 0.0862. The third-order valence-corrected chi connectivity index (χ3v) is 3.77. The molecule has 2 N–H and O–H groups in total. The van der Waals surface area contributed by atoms with Crippen LogP contribution in [0.1, 0.15) is 11.1 Å². The minimum Gasteiger partial charge on any atom is -0.439 e. The molecule has 0 bridgehead atoms. The number of anilines is 1. The van der Waals surface area contributed by atoms with Crippen molar-refractivity contribution in [3.05, 3.63) is 39.0 Å². The zero-order chi connectivity index (χ0) is 13.3. The Kier molecular flexibility index (Phi) is 3.73. The molecule has 94 valence electrons. The number of hydrogen-bond donors (Lipinski definition) is 1. The number of halogens is 2. The molecule has 0 saturated carbocycles. The van der Waals surface area contributed by atoms with Crippen LogP contribution >= 0.6 is 27.5 Å². The molecule has 6 heteroatoms. The molecule has 0 radical (unpaired) electrons. The van der Waals surface area contributed by atoms with Crippen LogP contribution in [0.15, 0.2) is 22.7 Å². The van der Waals surface area contributed by atoms with Crippen LogP contribution in [-0.2, 0) is 0 Å². The van der Waals surface area contributed by atoms with Gasteiger partial charge in [-0.05, 0) is 37.1 Å². The molecule has 0 saturated heterocycles. The topological polar surface area (TPSA) is 61.0 Å². The quantitative estimate of drug-likeness (QED) is 0.850. The second-order valence-corrected chi connectivity index (χ2v) is 5.04. The maximum Gasteiger partial charge on any atom is 0.225 e. The van der Waals surface area contributed by atoms with E-state index in [2.05, 4.69) is 25.9 Å². The molecule has 1 aromatic heterocycles. The van der Waals surface area contributed by atoms with Gasteiger partial charge in [0.1, 0.15) is 10.9 Å². The highest BCUT2D eigenvalue weighted by atomic mass is 79.9. The summed E-state index contributed by atoms with van der Waals surface area (Å²) in [5.74, 6) is 1.10. The fourth-order valence-electron chi connectivity index (χ4n) is 1.55. The maximum atomic E-state index is 5.79. The van der Waals surface area contributed by atoms with E-state index in [-0.39, 0.29) is 11.1 Å². The van der Waals surface area contributed by atoms with Crippen molar-refractivity contribution in [2.24, 2.45) is 0 Å². The van der Waals surface area contributed by atoms with Crippen LogP contribution in [0, 0.1) is 13.8 Å². The van der Waals surface area contributed by atoms with Crippen molar-refractivity contribution in [3.63, 3.8) is 0 Å². The molecular formula is C12H11BrClN3O. The molecule has 0 amide bonds. The number of benzene rings is 1. The van der Waals surface area contributed by atoms with Crippen LogP contribution in [0.2, 0.25) is 5.15 Å². The van der Waals surface area contributed by atoms with Gasteiger partial charge in [0.05, 0.1) is 0 Å². The Balaban J connectivity index is 2.34. The fourth-order valence-corrected chi connectivity index (χ4v) is 1.96. The van der Waals surface area contributed by atoms with Crippen molar-refractivity contribution in [2.45, 2.75) is 13.8 Å². The molecule has 2 rings (SSSR count). The maximum absolute atomic E-state index is 5.79. The minimum atomic E-state index is 0.0862. The van der Waals surface area contributed by atoms with Crippen molar-refractivity contribution in [2.75, 3.05) is 5.73 Å². The predicted octanol–water partition coefficient (Wildman–Crippen LogP) is 3.88. The Labute approximate surface area is 118 Å². The Hall–Kier alpha value is -1.33. The lowest BCUT2D eigenvalue weighted by atomic mass is 10.1. The van der Waals surface area contributed by atoms with Gasteiger partial charge in [0.25, 0.3) is 0 Å². The van der Waals surface area contributed by atoms with Gasteiger partial charge in [-0.1, -0.05) is 27.5 Å². The van der Waals surface area contributed by atoms with Crippen molar-refractivity contribution in [3.8, 4) is 11.6 Å². The van der Waals surface area contributed by atoms with Crippen LogP contribution in [0.5, 0.6) is 11.6 Å². The van der Waals surface area contributed by atoms with Crippen LogP contribution < -0.4 is 10.5 Å². The van der Waals surface area contributed by atoms with E-state index in [1.807, 2.05) is 26.0 Å². The number of nitrogens with zero attached hydrogens (tertiary/aromatic N) is 2. The first-order chi connectivity index (χ1) is 8.45. The van der Waals surface area contributed by atoms with Crippen molar-refractivity contribution in [1.82, 2.24) is 9.97 Å². The lowest BCUT2D eigenvalue weighted by Crippen LogP contribution is -1.97. The van der Waals surface area contributed by atoms with Gasteiger partial charge in [-0.2, -0.15) is 4.98 Å².